The third-order valence-electron chi connectivity index (χ3n) is 4.58. The Balaban J connectivity index is 1.58. The molecule has 2 amide bonds. The van der Waals surface area contributed by atoms with E-state index in [2.05, 4.69) is 5.32 Å². The molecule has 5 heteroatoms. The van der Waals surface area contributed by atoms with Crippen molar-refractivity contribution < 1.29 is 14.3 Å². The van der Waals surface area contributed by atoms with Gasteiger partial charge in [0.2, 0.25) is 0 Å². The van der Waals surface area contributed by atoms with Crippen molar-refractivity contribution in [2.75, 3.05) is 26.3 Å². The van der Waals surface area contributed by atoms with Gasteiger partial charge in [0, 0.05) is 30.8 Å². The molecule has 1 saturated heterocycles. The summed E-state index contributed by atoms with van der Waals surface area (Å²) >= 11 is 0. The molecule has 0 aliphatic carbocycles. The summed E-state index contributed by atoms with van der Waals surface area (Å²) in [6.07, 6.45) is 0. The molecule has 0 saturated carbocycles. The Kier molecular flexibility index (Phi) is 5.68. The molecule has 0 unspecified atom stereocenters. The minimum atomic E-state index is -0.0871. The van der Waals surface area contributed by atoms with Crippen LogP contribution in [-0.2, 0) is 11.3 Å². The number of benzene rings is 2. The average Bonchev–Trinajstić information content (AvgIpc) is 2.66. The number of aryl methyl sites for hydroxylation is 2. The Hall–Kier alpha value is -2.66. The van der Waals surface area contributed by atoms with Gasteiger partial charge in [-0.25, -0.2) is 0 Å². The van der Waals surface area contributed by atoms with E-state index in [0.717, 1.165) is 16.7 Å². The molecule has 0 spiro atoms. The molecule has 1 aliphatic heterocycles. The molecule has 0 bridgehead atoms. The highest BCUT2D eigenvalue weighted by atomic mass is 16.5. The Labute approximate surface area is 154 Å². The molecule has 136 valence electrons. The van der Waals surface area contributed by atoms with Crippen LogP contribution in [0.5, 0.6) is 0 Å². The van der Waals surface area contributed by atoms with E-state index in [0.29, 0.717) is 44.0 Å². The molecule has 5 nitrogen and oxygen atoms in total. The van der Waals surface area contributed by atoms with Gasteiger partial charge >= 0.3 is 0 Å². The van der Waals surface area contributed by atoms with Crippen molar-refractivity contribution in [2.24, 2.45) is 0 Å². The van der Waals surface area contributed by atoms with Gasteiger partial charge in [0.25, 0.3) is 11.8 Å². The summed E-state index contributed by atoms with van der Waals surface area (Å²) in [5.74, 6) is -0.0601. The van der Waals surface area contributed by atoms with Crippen LogP contribution in [0.4, 0.5) is 0 Å². The van der Waals surface area contributed by atoms with Crippen LogP contribution in [0.15, 0.2) is 42.5 Å². The highest BCUT2D eigenvalue weighted by Gasteiger charge is 2.18. The number of amides is 2. The van der Waals surface area contributed by atoms with Crippen molar-refractivity contribution in [3.05, 3.63) is 70.3 Å². The van der Waals surface area contributed by atoms with Gasteiger partial charge < -0.3 is 15.0 Å². The average molecular weight is 352 g/mol. The normalized spacial score (nSPS) is 14.2. The zero-order valence-corrected chi connectivity index (χ0v) is 15.2. The second-order valence-electron chi connectivity index (χ2n) is 6.60. The zero-order chi connectivity index (χ0) is 18.5. The van der Waals surface area contributed by atoms with Crippen LogP contribution in [0.1, 0.15) is 37.4 Å². The molecule has 2 aromatic rings. The molecule has 0 aromatic heterocycles. The van der Waals surface area contributed by atoms with Crippen molar-refractivity contribution in [1.82, 2.24) is 10.2 Å². The van der Waals surface area contributed by atoms with Gasteiger partial charge in [-0.2, -0.15) is 0 Å². The van der Waals surface area contributed by atoms with E-state index in [1.54, 1.807) is 4.90 Å². The molecule has 1 heterocycles. The van der Waals surface area contributed by atoms with Crippen molar-refractivity contribution in [1.29, 1.82) is 0 Å². The number of nitrogens with zero attached hydrogens (tertiary/aromatic N) is 1. The summed E-state index contributed by atoms with van der Waals surface area (Å²) in [6, 6.07) is 13.2. The number of rotatable bonds is 4. The molecule has 26 heavy (non-hydrogen) atoms. The number of morpholine rings is 1. The van der Waals surface area contributed by atoms with Crippen LogP contribution in [0.25, 0.3) is 0 Å². The number of carbonyl (C=O) groups is 2. The lowest BCUT2D eigenvalue weighted by molar-refractivity contribution is 0.0303. The van der Waals surface area contributed by atoms with Gasteiger partial charge in [-0.05, 0) is 43.2 Å². The highest BCUT2D eigenvalue weighted by molar-refractivity contribution is 5.96. The van der Waals surface area contributed by atoms with Gasteiger partial charge in [0.05, 0.1) is 13.2 Å². The molecule has 1 fully saturated rings. The molecule has 0 radical (unpaired) electrons. The van der Waals surface area contributed by atoms with E-state index in [9.17, 15) is 9.59 Å². The molecular weight excluding hydrogens is 328 g/mol. The van der Waals surface area contributed by atoms with E-state index in [-0.39, 0.29) is 11.8 Å². The summed E-state index contributed by atoms with van der Waals surface area (Å²) < 4.78 is 5.28. The number of hydrogen-bond acceptors (Lipinski definition) is 3. The first-order valence-electron chi connectivity index (χ1n) is 8.86. The van der Waals surface area contributed by atoms with Crippen LogP contribution in [0.2, 0.25) is 0 Å². The predicted octanol–water partition coefficient (Wildman–Crippen LogP) is 2.71. The van der Waals surface area contributed by atoms with Gasteiger partial charge in [-0.15, -0.1) is 0 Å². The second kappa shape index (κ2) is 8.15. The first kappa shape index (κ1) is 18.1. The summed E-state index contributed by atoms with van der Waals surface area (Å²) in [4.78, 5) is 26.6. The summed E-state index contributed by atoms with van der Waals surface area (Å²) in [6.45, 7) is 6.82. The Bertz CT molecular complexity index is 793. The van der Waals surface area contributed by atoms with Crippen LogP contribution < -0.4 is 5.32 Å². The third kappa shape index (κ3) is 4.29. The van der Waals surface area contributed by atoms with Crippen molar-refractivity contribution in [3.63, 3.8) is 0 Å². The van der Waals surface area contributed by atoms with Gasteiger partial charge in [-0.1, -0.05) is 29.8 Å². The minimum absolute atomic E-state index is 0.0270. The van der Waals surface area contributed by atoms with Crippen molar-refractivity contribution in [3.8, 4) is 0 Å². The van der Waals surface area contributed by atoms with Crippen LogP contribution in [0, 0.1) is 13.8 Å². The van der Waals surface area contributed by atoms with Crippen LogP contribution >= 0.6 is 0 Å². The highest BCUT2D eigenvalue weighted by Crippen LogP contribution is 2.12. The summed E-state index contributed by atoms with van der Waals surface area (Å²) in [5.41, 5.74) is 4.42. The quantitative estimate of drug-likeness (QED) is 0.920. The lowest BCUT2D eigenvalue weighted by atomic mass is 10.0. The monoisotopic (exact) mass is 352 g/mol. The second-order valence-corrected chi connectivity index (χ2v) is 6.60. The first-order valence-corrected chi connectivity index (χ1v) is 8.86. The standard InChI is InChI=1S/C21H24N2O3/c1-15-3-8-19(16(2)13-15)20(24)22-14-17-4-6-18(7-5-17)21(25)23-9-11-26-12-10-23/h3-8,13H,9-12,14H2,1-2H3,(H,22,24). The van der Waals surface area contributed by atoms with E-state index in [4.69, 9.17) is 4.74 Å². The van der Waals surface area contributed by atoms with E-state index < -0.39 is 0 Å². The lowest BCUT2D eigenvalue weighted by Gasteiger charge is -2.26. The fourth-order valence-electron chi connectivity index (χ4n) is 3.06. The number of nitrogens with one attached hydrogen (secondary N) is 1. The van der Waals surface area contributed by atoms with Crippen LogP contribution in [0.3, 0.4) is 0 Å². The number of carbonyl (C=O) groups excluding carboxylic acids is 2. The van der Waals surface area contributed by atoms with Gasteiger partial charge in [-0.3, -0.25) is 9.59 Å². The molecule has 0 atom stereocenters. The van der Waals surface area contributed by atoms with Gasteiger partial charge in [0.15, 0.2) is 0 Å². The molecular formula is C21H24N2O3. The molecule has 1 aliphatic rings. The maximum Gasteiger partial charge on any atom is 0.254 e. The van der Waals surface area contributed by atoms with Gasteiger partial charge in [0.1, 0.15) is 0 Å². The molecule has 3 rings (SSSR count). The van der Waals surface area contributed by atoms with Crippen LogP contribution in [-0.4, -0.2) is 43.0 Å². The van der Waals surface area contributed by atoms with Crippen molar-refractivity contribution in [2.45, 2.75) is 20.4 Å². The molecule has 1 N–H and O–H groups in total. The SMILES string of the molecule is Cc1ccc(C(=O)NCc2ccc(C(=O)N3CCOCC3)cc2)c(C)c1. The fraction of sp³-hybridized carbons (Fsp3) is 0.333. The van der Waals surface area contributed by atoms with E-state index in [1.807, 2.05) is 56.3 Å². The Morgan fingerprint density at radius 1 is 1.04 bits per heavy atom. The fourth-order valence-corrected chi connectivity index (χ4v) is 3.06. The molecule has 2 aromatic carbocycles. The van der Waals surface area contributed by atoms with E-state index >= 15 is 0 Å². The third-order valence-corrected chi connectivity index (χ3v) is 4.58. The van der Waals surface area contributed by atoms with Crippen molar-refractivity contribution >= 4 is 11.8 Å². The first-order chi connectivity index (χ1) is 12.5. The van der Waals surface area contributed by atoms with E-state index in [1.165, 1.54) is 0 Å². The zero-order valence-electron chi connectivity index (χ0n) is 15.2. The maximum atomic E-state index is 12.4. The summed E-state index contributed by atoms with van der Waals surface area (Å²) in [7, 11) is 0. The number of ether oxygens (including phenoxy) is 1. The number of hydrogen-bond donors (Lipinski definition) is 1. The summed E-state index contributed by atoms with van der Waals surface area (Å²) in [5, 5.41) is 2.94. The minimum Gasteiger partial charge on any atom is -0.378 e. The Morgan fingerprint density at radius 2 is 1.73 bits per heavy atom. The predicted molar refractivity (Wildman–Crippen MR) is 100 cm³/mol. The largest absolute Gasteiger partial charge is 0.378 e. The maximum absolute atomic E-state index is 12.4. The topological polar surface area (TPSA) is 58.6 Å². The Morgan fingerprint density at radius 3 is 2.38 bits per heavy atom. The lowest BCUT2D eigenvalue weighted by Crippen LogP contribution is -2.40. The smallest absolute Gasteiger partial charge is 0.254 e.